The van der Waals surface area contributed by atoms with Gasteiger partial charge in [0, 0.05) is 50.6 Å². The van der Waals surface area contributed by atoms with Gasteiger partial charge < -0.3 is 14.2 Å². The Balaban J connectivity index is 2.39. The highest BCUT2D eigenvalue weighted by molar-refractivity contribution is 6.01. The van der Waals surface area contributed by atoms with Crippen LogP contribution in [-0.4, -0.2) is 48.5 Å². The molecule has 5 heteroatoms. The summed E-state index contributed by atoms with van der Waals surface area (Å²) in [5.41, 5.74) is 3.93. The molecule has 1 heterocycles. The average molecular weight is 348 g/mol. The van der Waals surface area contributed by atoms with E-state index in [2.05, 4.69) is 25.3 Å². The Bertz CT molecular complexity index is 658. The standard InChI is InChI=1S/C20H32N2O3/c1-7-8-22-14(2)15(11-18(24)21(5)9-10-25-6)19-16(22)12-20(3,4)13-17(19)23/h7-13H2,1-6H3. The third-order valence-electron chi connectivity index (χ3n) is 5.15. The number of amides is 1. The average Bonchev–Trinajstić information content (AvgIpc) is 2.77. The molecule has 0 atom stereocenters. The van der Waals surface area contributed by atoms with Crippen molar-refractivity contribution in [3.63, 3.8) is 0 Å². The molecule has 0 aromatic carbocycles. The van der Waals surface area contributed by atoms with Gasteiger partial charge in [-0.15, -0.1) is 0 Å². The van der Waals surface area contributed by atoms with Crippen LogP contribution in [0.2, 0.25) is 0 Å². The first-order chi connectivity index (χ1) is 11.7. The summed E-state index contributed by atoms with van der Waals surface area (Å²) >= 11 is 0. The fourth-order valence-electron chi connectivity index (χ4n) is 3.79. The Morgan fingerprint density at radius 2 is 2.00 bits per heavy atom. The number of ether oxygens (including phenoxy) is 1. The van der Waals surface area contributed by atoms with Gasteiger partial charge in [-0.05, 0) is 30.7 Å². The van der Waals surface area contributed by atoms with Crippen LogP contribution in [0, 0.1) is 12.3 Å². The lowest BCUT2D eigenvalue weighted by atomic mass is 9.75. The van der Waals surface area contributed by atoms with Crippen LogP contribution >= 0.6 is 0 Å². The maximum Gasteiger partial charge on any atom is 0.226 e. The number of carbonyl (C=O) groups is 2. The highest BCUT2D eigenvalue weighted by Crippen LogP contribution is 2.39. The third kappa shape index (κ3) is 4.14. The molecule has 1 aliphatic carbocycles. The fourth-order valence-corrected chi connectivity index (χ4v) is 3.79. The van der Waals surface area contributed by atoms with Crippen molar-refractivity contribution in [3.8, 4) is 0 Å². The van der Waals surface area contributed by atoms with Crippen molar-refractivity contribution in [1.82, 2.24) is 9.47 Å². The van der Waals surface area contributed by atoms with Crippen molar-refractivity contribution >= 4 is 11.7 Å². The molecule has 1 aromatic rings. The van der Waals surface area contributed by atoms with E-state index in [9.17, 15) is 9.59 Å². The predicted octanol–water partition coefficient (Wildman–Crippen LogP) is 3.01. The molecule has 5 nitrogen and oxygen atoms in total. The van der Waals surface area contributed by atoms with E-state index < -0.39 is 0 Å². The highest BCUT2D eigenvalue weighted by Gasteiger charge is 2.37. The number of likely N-dealkylation sites (N-methyl/N-ethyl adjacent to an activating group) is 1. The van der Waals surface area contributed by atoms with Gasteiger partial charge in [0.25, 0.3) is 0 Å². The largest absolute Gasteiger partial charge is 0.383 e. The van der Waals surface area contributed by atoms with E-state index in [1.165, 1.54) is 0 Å². The first-order valence-electron chi connectivity index (χ1n) is 9.18. The van der Waals surface area contributed by atoms with Gasteiger partial charge in [0.15, 0.2) is 5.78 Å². The molecule has 0 saturated heterocycles. The normalized spacial score (nSPS) is 16.0. The molecule has 2 rings (SSSR count). The summed E-state index contributed by atoms with van der Waals surface area (Å²) in [5.74, 6) is 0.223. The lowest BCUT2D eigenvalue weighted by molar-refractivity contribution is -0.129. The van der Waals surface area contributed by atoms with E-state index in [1.54, 1.807) is 19.1 Å². The van der Waals surface area contributed by atoms with E-state index >= 15 is 0 Å². The van der Waals surface area contributed by atoms with Crippen LogP contribution in [0.1, 0.15) is 60.9 Å². The molecule has 0 N–H and O–H groups in total. The summed E-state index contributed by atoms with van der Waals surface area (Å²) < 4.78 is 7.32. The lowest BCUT2D eigenvalue weighted by Crippen LogP contribution is -2.32. The Kier molecular flexibility index (Phi) is 6.09. The topological polar surface area (TPSA) is 51.5 Å². The number of nitrogens with zero attached hydrogens (tertiary/aromatic N) is 2. The molecule has 140 valence electrons. The van der Waals surface area contributed by atoms with Gasteiger partial charge >= 0.3 is 0 Å². The van der Waals surface area contributed by atoms with Crippen molar-refractivity contribution in [1.29, 1.82) is 0 Å². The van der Waals surface area contributed by atoms with Gasteiger partial charge in [-0.2, -0.15) is 0 Å². The number of carbonyl (C=O) groups excluding carboxylic acids is 2. The van der Waals surface area contributed by atoms with Crippen molar-refractivity contribution in [3.05, 3.63) is 22.5 Å². The van der Waals surface area contributed by atoms with Crippen LogP contribution in [0.5, 0.6) is 0 Å². The van der Waals surface area contributed by atoms with Crippen molar-refractivity contribution in [2.24, 2.45) is 5.41 Å². The Morgan fingerprint density at radius 3 is 2.60 bits per heavy atom. The quantitative estimate of drug-likeness (QED) is 0.761. The number of fused-ring (bicyclic) bond motifs is 1. The van der Waals surface area contributed by atoms with E-state index in [-0.39, 0.29) is 23.5 Å². The predicted molar refractivity (Wildman–Crippen MR) is 99.1 cm³/mol. The van der Waals surface area contributed by atoms with Crippen LogP contribution in [0.15, 0.2) is 0 Å². The second-order valence-corrected chi connectivity index (χ2v) is 7.96. The van der Waals surface area contributed by atoms with Crippen molar-refractivity contribution in [2.45, 2.75) is 59.9 Å². The van der Waals surface area contributed by atoms with Crippen LogP contribution in [0.3, 0.4) is 0 Å². The molecule has 0 radical (unpaired) electrons. The second kappa shape index (κ2) is 7.73. The van der Waals surface area contributed by atoms with Crippen LogP contribution < -0.4 is 0 Å². The van der Waals surface area contributed by atoms with Crippen molar-refractivity contribution < 1.29 is 14.3 Å². The van der Waals surface area contributed by atoms with Crippen LogP contribution in [0.4, 0.5) is 0 Å². The van der Waals surface area contributed by atoms with Gasteiger partial charge in [0.05, 0.1) is 13.0 Å². The SMILES string of the molecule is CCCn1c(C)c(CC(=O)N(C)CCOC)c2c1CC(C)(C)CC2=O. The molecule has 1 aliphatic rings. The molecule has 1 aromatic heterocycles. The highest BCUT2D eigenvalue weighted by atomic mass is 16.5. The molecular formula is C20H32N2O3. The van der Waals surface area contributed by atoms with Gasteiger partial charge in [0.2, 0.25) is 5.91 Å². The summed E-state index contributed by atoms with van der Waals surface area (Å²) in [6.45, 7) is 10.5. The van der Waals surface area contributed by atoms with Gasteiger partial charge in [-0.1, -0.05) is 20.8 Å². The minimum Gasteiger partial charge on any atom is -0.383 e. The first kappa shape index (κ1) is 19.7. The van der Waals surface area contributed by atoms with E-state index in [4.69, 9.17) is 4.74 Å². The third-order valence-corrected chi connectivity index (χ3v) is 5.15. The number of hydrogen-bond acceptors (Lipinski definition) is 3. The molecule has 25 heavy (non-hydrogen) atoms. The van der Waals surface area contributed by atoms with Crippen LogP contribution in [-0.2, 0) is 28.9 Å². The number of methoxy groups -OCH3 is 1. The number of ketones is 1. The van der Waals surface area contributed by atoms with E-state index in [1.807, 2.05) is 6.92 Å². The van der Waals surface area contributed by atoms with Gasteiger partial charge in [0.1, 0.15) is 0 Å². The maximum absolute atomic E-state index is 12.9. The minimum absolute atomic E-state index is 0.0170. The number of hydrogen-bond donors (Lipinski definition) is 0. The molecule has 1 amide bonds. The summed E-state index contributed by atoms with van der Waals surface area (Å²) in [6, 6.07) is 0. The maximum atomic E-state index is 12.9. The van der Waals surface area contributed by atoms with E-state index in [0.29, 0.717) is 19.6 Å². The molecule has 0 fully saturated rings. The summed E-state index contributed by atoms with van der Waals surface area (Å²) in [4.78, 5) is 27.1. The number of rotatable bonds is 7. The number of aromatic nitrogens is 1. The molecule has 0 spiro atoms. The van der Waals surface area contributed by atoms with Crippen LogP contribution in [0.25, 0.3) is 0 Å². The van der Waals surface area contributed by atoms with Crippen molar-refractivity contribution in [2.75, 3.05) is 27.3 Å². The Morgan fingerprint density at radius 1 is 1.32 bits per heavy atom. The number of Topliss-reactive ketones (excluding diaryl/α,β-unsaturated/α-hetero) is 1. The fraction of sp³-hybridized carbons (Fsp3) is 0.700. The Labute approximate surface area is 151 Å². The molecule has 0 saturated carbocycles. The minimum atomic E-state index is -0.0170. The van der Waals surface area contributed by atoms with Gasteiger partial charge in [-0.3, -0.25) is 9.59 Å². The Hall–Kier alpha value is -1.62. The zero-order valence-electron chi connectivity index (χ0n) is 16.6. The zero-order chi connectivity index (χ0) is 18.8. The molecule has 0 bridgehead atoms. The monoisotopic (exact) mass is 348 g/mol. The zero-order valence-corrected chi connectivity index (χ0v) is 16.6. The van der Waals surface area contributed by atoms with Gasteiger partial charge in [-0.25, -0.2) is 0 Å². The summed E-state index contributed by atoms with van der Waals surface area (Å²) in [7, 11) is 3.42. The van der Waals surface area contributed by atoms with E-state index in [0.717, 1.165) is 41.9 Å². The first-order valence-corrected chi connectivity index (χ1v) is 9.18. The lowest BCUT2D eigenvalue weighted by Gasteiger charge is -2.30. The summed E-state index contributed by atoms with van der Waals surface area (Å²) in [5, 5.41) is 0. The smallest absolute Gasteiger partial charge is 0.226 e. The second-order valence-electron chi connectivity index (χ2n) is 7.96. The molecular weight excluding hydrogens is 316 g/mol. The molecule has 0 unspecified atom stereocenters. The summed E-state index contributed by atoms with van der Waals surface area (Å²) in [6.07, 6.45) is 2.74. The molecule has 0 aliphatic heterocycles.